The van der Waals surface area contributed by atoms with Gasteiger partial charge < -0.3 is 10.6 Å². The molecule has 2 N–H and O–H groups in total. The summed E-state index contributed by atoms with van der Waals surface area (Å²) >= 11 is 1.60. The first-order valence-electron chi connectivity index (χ1n) is 7.08. The molecule has 0 radical (unpaired) electrons. The van der Waals surface area contributed by atoms with Crippen molar-refractivity contribution in [3.8, 4) is 0 Å². The highest BCUT2D eigenvalue weighted by atomic mass is 32.2. The number of fused-ring (bicyclic) bond motifs is 3. The van der Waals surface area contributed by atoms with Crippen LogP contribution >= 0.6 is 11.8 Å². The van der Waals surface area contributed by atoms with Crippen molar-refractivity contribution in [1.82, 2.24) is 4.90 Å². The van der Waals surface area contributed by atoms with E-state index in [1.807, 2.05) is 54.6 Å². The number of nitrogens with two attached hydrogens (primary N) is 1. The Kier molecular flexibility index (Phi) is 2.81. The summed E-state index contributed by atoms with van der Waals surface area (Å²) < 4.78 is 0. The van der Waals surface area contributed by atoms with Crippen LogP contribution in [0.5, 0.6) is 0 Å². The smallest absolute Gasteiger partial charge is 0.256 e. The molecule has 1 unspecified atom stereocenters. The van der Waals surface area contributed by atoms with Crippen molar-refractivity contribution in [2.24, 2.45) is 5.73 Å². The van der Waals surface area contributed by atoms with Gasteiger partial charge in [-0.3, -0.25) is 9.59 Å². The van der Waals surface area contributed by atoms with Crippen LogP contribution in [0.25, 0.3) is 0 Å². The Balaban J connectivity index is 2.00. The number of amides is 2. The van der Waals surface area contributed by atoms with Gasteiger partial charge in [0.05, 0.1) is 0 Å². The van der Waals surface area contributed by atoms with E-state index in [9.17, 15) is 9.59 Å². The van der Waals surface area contributed by atoms with E-state index >= 15 is 0 Å². The fraction of sp³-hybridized carbons (Fsp3) is 0.176. The SMILES string of the molecule is NC(=O)[C@H]1CSC2(c3ccccc3)c3ccccc3C(=O)N12. The maximum Gasteiger partial charge on any atom is 0.256 e. The summed E-state index contributed by atoms with van der Waals surface area (Å²) in [4.78, 5) is 25.7. The lowest BCUT2D eigenvalue weighted by atomic mass is 9.96. The molecule has 110 valence electrons. The second-order valence-electron chi connectivity index (χ2n) is 5.46. The lowest BCUT2D eigenvalue weighted by molar-refractivity contribution is -0.121. The predicted molar refractivity (Wildman–Crippen MR) is 85.3 cm³/mol. The molecule has 0 spiro atoms. The van der Waals surface area contributed by atoms with Crippen LogP contribution in [0, 0.1) is 0 Å². The molecule has 4 rings (SSSR count). The van der Waals surface area contributed by atoms with Gasteiger partial charge in [0.1, 0.15) is 10.9 Å². The molecular weight excluding hydrogens is 296 g/mol. The molecule has 5 heteroatoms. The summed E-state index contributed by atoms with van der Waals surface area (Å²) in [6.07, 6.45) is 0. The lowest BCUT2D eigenvalue weighted by Gasteiger charge is -2.34. The molecule has 1 fully saturated rings. The first-order chi connectivity index (χ1) is 10.7. The minimum Gasteiger partial charge on any atom is -0.368 e. The van der Waals surface area contributed by atoms with Crippen LogP contribution in [0.3, 0.4) is 0 Å². The number of thioether (sulfide) groups is 1. The Bertz CT molecular complexity index is 777. The molecule has 4 nitrogen and oxygen atoms in total. The summed E-state index contributed by atoms with van der Waals surface area (Å²) in [6, 6.07) is 16.8. The fourth-order valence-corrected chi connectivity index (χ4v) is 5.10. The van der Waals surface area contributed by atoms with Gasteiger partial charge in [-0.25, -0.2) is 0 Å². The van der Waals surface area contributed by atoms with E-state index in [1.165, 1.54) is 0 Å². The highest BCUT2D eigenvalue weighted by Crippen LogP contribution is 2.57. The predicted octanol–water partition coefficient (Wildman–Crippen LogP) is 1.94. The zero-order valence-electron chi connectivity index (χ0n) is 11.7. The average Bonchev–Trinajstić information content (AvgIpc) is 3.06. The number of primary amides is 1. The van der Waals surface area contributed by atoms with Gasteiger partial charge in [0.15, 0.2) is 0 Å². The summed E-state index contributed by atoms with van der Waals surface area (Å²) in [5, 5.41) is 0. The molecule has 2 aliphatic heterocycles. The van der Waals surface area contributed by atoms with Crippen LogP contribution in [0.1, 0.15) is 21.5 Å². The van der Waals surface area contributed by atoms with Crippen molar-refractivity contribution >= 4 is 23.6 Å². The van der Waals surface area contributed by atoms with Gasteiger partial charge in [-0.1, -0.05) is 48.5 Å². The van der Waals surface area contributed by atoms with E-state index < -0.39 is 16.8 Å². The van der Waals surface area contributed by atoms with Gasteiger partial charge in [-0.15, -0.1) is 11.8 Å². The Labute approximate surface area is 132 Å². The van der Waals surface area contributed by atoms with E-state index in [4.69, 9.17) is 5.73 Å². The van der Waals surface area contributed by atoms with E-state index in [0.717, 1.165) is 11.1 Å². The first-order valence-corrected chi connectivity index (χ1v) is 8.07. The Morgan fingerprint density at radius 2 is 1.82 bits per heavy atom. The van der Waals surface area contributed by atoms with Gasteiger partial charge in [0.2, 0.25) is 5.91 Å². The molecule has 0 saturated carbocycles. The van der Waals surface area contributed by atoms with E-state index in [2.05, 4.69) is 0 Å². The number of nitrogens with zero attached hydrogens (tertiary/aromatic N) is 1. The summed E-state index contributed by atoms with van der Waals surface area (Å²) in [6.45, 7) is 0. The number of hydrogen-bond acceptors (Lipinski definition) is 3. The molecule has 1 saturated heterocycles. The van der Waals surface area contributed by atoms with Crippen LogP contribution in [-0.4, -0.2) is 28.5 Å². The first kappa shape index (κ1) is 13.4. The van der Waals surface area contributed by atoms with E-state index in [-0.39, 0.29) is 5.91 Å². The van der Waals surface area contributed by atoms with E-state index in [0.29, 0.717) is 11.3 Å². The van der Waals surface area contributed by atoms with Gasteiger partial charge in [0.25, 0.3) is 5.91 Å². The van der Waals surface area contributed by atoms with Gasteiger partial charge in [-0.2, -0.15) is 0 Å². The van der Waals surface area contributed by atoms with Crippen molar-refractivity contribution in [2.45, 2.75) is 10.9 Å². The minimum absolute atomic E-state index is 0.117. The monoisotopic (exact) mass is 310 g/mol. The summed E-state index contributed by atoms with van der Waals surface area (Å²) in [5.41, 5.74) is 8.15. The van der Waals surface area contributed by atoms with Gasteiger partial charge in [-0.05, 0) is 11.6 Å². The summed E-state index contributed by atoms with van der Waals surface area (Å²) in [7, 11) is 0. The molecule has 2 heterocycles. The molecule has 2 amide bonds. The fourth-order valence-electron chi connectivity index (χ4n) is 3.40. The molecule has 0 aromatic heterocycles. The maximum atomic E-state index is 12.9. The molecular formula is C17H14N2O2S. The molecule has 2 aliphatic rings. The topological polar surface area (TPSA) is 63.4 Å². The normalized spacial score (nSPS) is 25.9. The van der Waals surface area contributed by atoms with Crippen LogP contribution in [0.2, 0.25) is 0 Å². The van der Waals surface area contributed by atoms with Crippen molar-refractivity contribution in [3.63, 3.8) is 0 Å². The summed E-state index contributed by atoms with van der Waals surface area (Å²) in [5.74, 6) is -0.0516. The highest BCUT2D eigenvalue weighted by molar-refractivity contribution is 8.00. The zero-order valence-corrected chi connectivity index (χ0v) is 12.5. The third-order valence-electron chi connectivity index (χ3n) is 4.34. The average molecular weight is 310 g/mol. The van der Waals surface area contributed by atoms with Crippen molar-refractivity contribution < 1.29 is 9.59 Å². The van der Waals surface area contributed by atoms with Crippen LogP contribution in [0.15, 0.2) is 54.6 Å². The third kappa shape index (κ3) is 1.54. The largest absolute Gasteiger partial charge is 0.368 e. The van der Waals surface area contributed by atoms with Crippen molar-refractivity contribution in [2.75, 3.05) is 5.75 Å². The molecule has 2 aromatic carbocycles. The molecule has 2 aromatic rings. The molecule has 22 heavy (non-hydrogen) atoms. The van der Waals surface area contributed by atoms with Crippen molar-refractivity contribution in [3.05, 3.63) is 71.3 Å². The van der Waals surface area contributed by atoms with Crippen LogP contribution in [-0.2, 0) is 9.67 Å². The minimum atomic E-state index is -0.644. The maximum absolute atomic E-state index is 12.9. The van der Waals surface area contributed by atoms with Crippen molar-refractivity contribution in [1.29, 1.82) is 0 Å². The highest BCUT2D eigenvalue weighted by Gasteiger charge is 2.59. The second kappa shape index (κ2) is 4.61. The Hall–Kier alpha value is -2.27. The number of benzene rings is 2. The Morgan fingerprint density at radius 1 is 1.14 bits per heavy atom. The lowest BCUT2D eigenvalue weighted by Crippen LogP contribution is -2.49. The number of carbonyl (C=O) groups excluding carboxylic acids is 2. The van der Waals surface area contributed by atoms with Crippen LogP contribution < -0.4 is 5.73 Å². The number of carbonyl (C=O) groups is 2. The molecule has 0 aliphatic carbocycles. The second-order valence-corrected chi connectivity index (χ2v) is 6.67. The Morgan fingerprint density at radius 3 is 2.55 bits per heavy atom. The molecule has 0 bridgehead atoms. The third-order valence-corrected chi connectivity index (χ3v) is 5.89. The number of hydrogen-bond donors (Lipinski definition) is 1. The zero-order chi connectivity index (χ0) is 15.3. The number of rotatable bonds is 2. The standard InChI is InChI=1S/C17H14N2O2S/c18-15(20)14-10-22-17(11-6-2-1-3-7-11)13-9-5-4-8-12(13)16(21)19(14)17/h1-9,14H,10H2,(H2,18,20)/t14-,17?/m1/s1. The molecule has 2 atom stereocenters. The van der Waals surface area contributed by atoms with Gasteiger partial charge in [0, 0.05) is 16.9 Å². The van der Waals surface area contributed by atoms with Gasteiger partial charge >= 0.3 is 0 Å². The quantitative estimate of drug-likeness (QED) is 0.922. The van der Waals surface area contributed by atoms with Crippen LogP contribution in [0.4, 0.5) is 0 Å². The van der Waals surface area contributed by atoms with E-state index in [1.54, 1.807) is 16.7 Å².